The van der Waals surface area contributed by atoms with Crippen molar-refractivity contribution in [2.24, 2.45) is 5.73 Å². The molecule has 0 saturated heterocycles. The molecule has 0 bridgehead atoms. The van der Waals surface area contributed by atoms with Gasteiger partial charge in [-0.15, -0.1) is 11.3 Å². The maximum Gasteiger partial charge on any atom is 0.107 e. The number of aryl methyl sites for hydroxylation is 2. The van der Waals surface area contributed by atoms with Gasteiger partial charge in [0.25, 0.3) is 0 Å². The van der Waals surface area contributed by atoms with E-state index in [4.69, 9.17) is 10.8 Å². The molecule has 0 aliphatic rings. The van der Waals surface area contributed by atoms with Crippen LogP contribution in [0.4, 0.5) is 0 Å². The maximum atomic E-state index is 8.90. The van der Waals surface area contributed by atoms with Gasteiger partial charge in [0.2, 0.25) is 0 Å². The monoisotopic (exact) mass is 172 g/mol. The SMILES string of the molecule is Cc1nc(C)c(CC(N)O)s1. The van der Waals surface area contributed by atoms with Crippen LogP contribution < -0.4 is 5.73 Å². The van der Waals surface area contributed by atoms with E-state index in [0.717, 1.165) is 15.6 Å². The quantitative estimate of drug-likeness (QED) is 0.641. The molecule has 0 aromatic carbocycles. The maximum absolute atomic E-state index is 8.90. The van der Waals surface area contributed by atoms with Gasteiger partial charge in [0.15, 0.2) is 0 Å². The van der Waals surface area contributed by atoms with Gasteiger partial charge in [-0.2, -0.15) is 0 Å². The molecule has 62 valence electrons. The molecule has 1 aromatic heterocycles. The lowest BCUT2D eigenvalue weighted by molar-refractivity contribution is 0.183. The summed E-state index contributed by atoms with van der Waals surface area (Å²) in [6.45, 7) is 3.88. The zero-order valence-electron chi connectivity index (χ0n) is 6.66. The standard InChI is InChI=1S/C7H12N2OS/c1-4-6(3-7(8)10)11-5(2)9-4/h7,10H,3,8H2,1-2H3. The molecular formula is C7H12N2OS. The van der Waals surface area contributed by atoms with E-state index in [1.807, 2.05) is 13.8 Å². The summed E-state index contributed by atoms with van der Waals surface area (Å²) in [7, 11) is 0. The van der Waals surface area contributed by atoms with E-state index < -0.39 is 6.23 Å². The minimum absolute atomic E-state index is 0.511. The number of nitrogens with zero attached hydrogens (tertiary/aromatic N) is 1. The first-order chi connectivity index (χ1) is 5.09. The van der Waals surface area contributed by atoms with Crippen molar-refractivity contribution in [3.8, 4) is 0 Å². The number of hydrogen-bond donors (Lipinski definition) is 2. The summed E-state index contributed by atoms with van der Waals surface area (Å²) in [5.74, 6) is 0. The molecular weight excluding hydrogens is 160 g/mol. The Balaban J connectivity index is 2.77. The highest BCUT2D eigenvalue weighted by atomic mass is 32.1. The van der Waals surface area contributed by atoms with Crippen molar-refractivity contribution in [3.63, 3.8) is 0 Å². The summed E-state index contributed by atoms with van der Waals surface area (Å²) in [6.07, 6.45) is -0.245. The number of aliphatic hydroxyl groups is 1. The molecule has 0 radical (unpaired) electrons. The molecule has 0 fully saturated rings. The number of thiazole rings is 1. The van der Waals surface area contributed by atoms with Crippen LogP contribution in [-0.4, -0.2) is 16.3 Å². The first kappa shape index (κ1) is 8.64. The van der Waals surface area contributed by atoms with E-state index in [2.05, 4.69) is 4.98 Å². The topological polar surface area (TPSA) is 59.1 Å². The van der Waals surface area contributed by atoms with Crippen LogP contribution in [0.1, 0.15) is 15.6 Å². The molecule has 0 aliphatic heterocycles. The highest BCUT2D eigenvalue weighted by molar-refractivity contribution is 7.11. The summed E-state index contributed by atoms with van der Waals surface area (Å²) in [4.78, 5) is 5.30. The molecule has 0 aliphatic carbocycles. The van der Waals surface area contributed by atoms with Crippen molar-refractivity contribution in [1.29, 1.82) is 0 Å². The van der Waals surface area contributed by atoms with E-state index in [0.29, 0.717) is 6.42 Å². The van der Waals surface area contributed by atoms with Crippen LogP contribution in [0.25, 0.3) is 0 Å². The molecule has 1 heterocycles. The van der Waals surface area contributed by atoms with Crippen molar-refractivity contribution in [1.82, 2.24) is 4.98 Å². The number of nitrogens with two attached hydrogens (primary N) is 1. The van der Waals surface area contributed by atoms with Crippen molar-refractivity contribution < 1.29 is 5.11 Å². The van der Waals surface area contributed by atoms with Gasteiger partial charge < -0.3 is 10.8 Å². The highest BCUT2D eigenvalue weighted by Gasteiger charge is 2.06. The molecule has 0 amide bonds. The van der Waals surface area contributed by atoms with E-state index in [1.165, 1.54) is 0 Å². The Morgan fingerprint density at radius 3 is 2.64 bits per heavy atom. The average Bonchev–Trinajstić information content (AvgIpc) is 2.09. The Bertz CT molecular complexity index is 245. The summed E-state index contributed by atoms with van der Waals surface area (Å²) in [5.41, 5.74) is 6.22. The second-order valence-electron chi connectivity index (χ2n) is 2.51. The minimum atomic E-state index is -0.756. The second-order valence-corrected chi connectivity index (χ2v) is 3.80. The predicted octanol–water partition coefficient (Wildman–Crippen LogP) is 0.580. The Labute approximate surface area is 69.9 Å². The summed E-state index contributed by atoms with van der Waals surface area (Å²) in [6, 6.07) is 0. The molecule has 0 saturated carbocycles. The summed E-state index contributed by atoms with van der Waals surface area (Å²) in [5, 5.41) is 9.92. The van der Waals surface area contributed by atoms with Crippen LogP contribution in [0.5, 0.6) is 0 Å². The normalized spacial score (nSPS) is 13.5. The lowest BCUT2D eigenvalue weighted by Crippen LogP contribution is -2.21. The fraction of sp³-hybridized carbons (Fsp3) is 0.571. The third-order valence-electron chi connectivity index (χ3n) is 1.39. The van der Waals surface area contributed by atoms with Gasteiger partial charge in [-0.25, -0.2) is 4.98 Å². The van der Waals surface area contributed by atoms with Gasteiger partial charge in [-0.05, 0) is 13.8 Å². The third kappa shape index (κ3) is 2.25. The first-order valence-corrected chi connectivity index (χ1v) is 4.28. The van der Waals surface area contributed by atoms with Crippen LogP contribution in [-0.2, 0) is 6.42 Å². The molecule has 1 atom stereocenters. The lowest BCUT2D eigenvalue weighted by atomic mass is 10.3. The van der Waals surface area contributed by atoms with Crippen LogP contribution in [0.15, 0.2) is 0 Å². The Hall–Kier alpha value is -0.450. The number of rotatable bonds is 2. The van der Waals surface area contributed by atoms with Gasteiger partial charge in [-0.1, -0.05) is 0 Å². The number of aliphatic hydroxyl groups excluding tert-OH is 1. The van der Waals surface area contributed by atoms with Crippen molar-refractivity contribution in [3.05, 3.63) is 15.6 Å². The molecule has 3 N–H and O–H groups in total. The van der Waals surface area contributed by atoms with Crippen molar-refractivity contribution >= 4 is 11.3 Å². The van der Waals surface area contributed by atoms with Gasteiger partial charge in [0, 0.05) is 11.3 Å². The largest absolute Gasteiger partial charge is 0.378 e. The van der Waals surface area contributed by atoms with Crippen LogP contribution >= 0.6 is 11.3 Å². The molecule has 3 nitrogen and oxygen atoms in total. The third-order valence-corrected chi connectivity index (χ3v) is 2.49. The Morgan fingerprint density at radius 1 is 1.64 bits per heavy atom. The van der Waals surface area contributed by atoms with Gasteiger partial charge >= 0.3 is 0 Å². The van der Waals surface area contributed by atoms with Crippen molar-refractivity contribution in [2.75, 3.05) is 0 Å². The van der Waals surface area contributed by atoms with E-state index in [9.17, 15) is 0 Å². The smallest absolute Gasteiger partial charge is 0.107 e. The van der Waals surface area contributed by atoms with Gasteiger partial charge in [-0.3, -0.25) is 0 Å². The minimum Gasteiger partial charge on any atom is -0.378 e. The van der Waals surface area contributed by atoms with E-state index in [-0.39, 0.29) is 0 Å². The Morgan fingerprint density at radius 2 is 2.27 bits per heavy atom. The fourth-order valence-corrected chi connectivity index (χ4v) is 1.94. The second kappa shape index (κ2) is 3.30. The zero-order chi connectivity index (χ0) is 8.43. The molecule has 11 heavy (non-hydrogen) atoms. The predicted molar refractivity (Wildman–Crippen MR) is 45.5 cm³/mol. The van der Waals surface area contributed by atoms with Crippen molar-refractivity contribution in [2.45, 2.75) is 26.5 Å². The van der Waals surface area contributed by atoms with Gasteiger partial charge in [0.1, 0.15) is 6.23 Å². The van der Waals surface area contributed by atoms with E-state index in [1.54, 1.807) is 11.3 Å². The zero-order valence-corrected chi connectivity index (χ0v) is 7.48. The summed E-state index contributed by atoms with van der Waals surface area (Å²) < 4.78 is 0. The van der Waals surface area contributed by atoms with Crippen LogP contribution in [0.2, 0.25) is 0 Å². The number of aromatic nitrogens is 1. The molecule has 1 unspecified atom stereocenters. The molecule has 4 heteroatoms. The first-order valence-electron chi connectivity index (χ1n) is 3.46. The average molecular weight is 172 g/mol. The molecule has 0 spiro atoms. The Kier molecular flexibility index (Phi) is 2.59. The van der Waals surface area contributed by atoms with Gasteiger partial charge in [0.05, 0.1) is 10.7 Å². The fourth-order valence-electron chi connectivity index (χ4n) is 0.953. The lowest BCUT2D eigenvalue weighted by Gasteiger charge is -2.00. The molecule has 1 rings (SSSR count). The summed E-state index contributed by atoms with van der Waals surface area (Å²) >= 11 is 1.59. The van der Waals surface area contributed by atoms with Crippen LogP contribution in [0.3, 0.4) is 0 Å². The molecule has 1 aromatic rings. The number of hydrogen-bond acceptors (Lipinski definition) is 4. The van der Waals surface area contributed by atoms with Crippen LogP contribution in [0, 0.1) is 13.8 Å². The van der Waals surface area contributed by atoms with E-state index >= 15 is 0 Å². The highest BCUT2D eigenvalue weighted by Crippen LogP contribution is 2.17.